The van der Waals surface area contributed by atoms with Crippen LogP contribution in [0.3, 0.4) is 0 Å². The topological polar surface area (TPSA) is 228 Å². The van der Waals surface area contributed by atoms with Crippen molar-refractivity contribution in [2.24, 2.45) is 40.4 Å². The van der Waals surface area contributed by atoms with Gasteiger partial charge in [-0.05, 0) is 72.2 Å². The van der Waals surface area contributed by atoms with Crippen LogP contribution in [0.4, 0.5) is 0 Å². The molecule has 20 atom stereocenters. The van der Waals surface area contributed by atoms with Crippen LogP contribution in [0.2, 0.25) is 0 Å². The third-order valence-electron chi connectivity index (χ3n) is 14.2. The van der Waals surface area contributed by atoms with Gasteiger partial charge in [0, 0.05) is 19.4 Å². The van der Waals surface area contributed by atoms with Crippen LogP contribution in [0.1, 0.15) is 79.1 Å². The van der Waals surface area contributed by atoms with E-state index in [2.05, 4.69) is 20.8 Å². The fourth-order valence-corrected chi connectivity index (χ4v) is 11.6. The normalized spacial score (nSPS) is 51.9. The summed E-state index contributed by atoms with van der Waals surface area (Å²) < 4.78 is 28.4. The SMILES string of the molecule is CO[C@H]1[C@H](O[C@@H]2C=C3[C@H](O)C[C@@]4(O)[C@@H]5[C@@H](O)[C@H](O)[C@H]([C@H](C)CCC[C@H](C)CO[C@@H]6OC[C@@H](O)[C@H](O)[C@H]6O)[C@@]5(C)CC[C@@H]4[C@@]3(C)CC2)OC[C@@H](O)[C@@H]1O. The van der Waals surface area contributed by atoms with Gasteiger partial charge in [-0.3, -0.25) is 0 Å². The van der Waals surface area contributed by atoms with E-state index in [0.29, 0.717) is 32.3 Å². The van der Waals surface area contributed by atoms with Crippen LogP contribution in [-0.4, -0.2) is 152 Å². The van der Waals surface area contributed by atoms with Crippen molar-refractivity contribution in [2.75, 3.05) is 26.9 Å². The molecular weight excluding hydrogens is 680 g/mol. The molecule has 2 heterocycles. The van der Waals surface area contributed by atoms with E-state index in [1.165, 1.54) is 7.11 Å². The maximum absolute atomic E-state index is 12.8. The molecule has 0 amide bonds. The lowest BCUT2D eigenvalue weighted by Crippen LogP contribution is -2.66. The Kier molecular flexibility index (Phi) is 12.3. The molecule has 6 rings (SSSR count). The molecule has 0 bridgehead atoms. The molecule has 2 aliphatic heterocycles. The van der Waals surface area contributed by atoms with Gasteiger partial charge in [-0.2, -0.15) is 0 Å². The minimum absolute atomic E-state index is 0.0371. The molecule has 5 fully saturated rings. The molecular formula is C38H64O14. The number of hydrogen-bond acceptors (Lipinski definition) is 14. The maximum Gasteiger partial charge on any atom is 0.187 e. The lowest BCUT2D eigenvalue weighted by atomic mass is 9.43. The molecule has 0 aromatic rings. The van der Waals surface area contributed by atoms with Gasteiger partial charge in [0.25, 0.3) is 0 Å². The Bertz CT molecular complexity index is 1250. The molecule has 4 aliphatic carbocycles. The molecule has 0 unspecified atom stereocenters. The van der Waals surface area contributed by atoms with Gasteiger partial charge < -0.3 is 69.6 Å². The van der Waals surface area contributed by atoms with Crippen molar-refractivity contribution < 1.29 is 69.6 Å². The number of ether oxygens (including phenoxy) is 5. The van der Waals surface area contributed by atoms with E-state index in [1.807, 2.05) is 13.0 Å². The number of hydrogen-bond donors (Lipinski definition) is 9. The summed E-state index contributed by atoms with van der Waals surface area (Å²) >= 11 is 0. The third-order valence-corrected chi connectivity index (χ3v) is 14.2. The van der Waals surface area contributed by atoms with Crippen molar-refractivity contribution in [3.8, 4) is 0 Å². The fourth-order valence-electron chi connectivity index (χ4n) is 11.6. The number of rotatable bonds is 11. The highest BCUT2D eigenvalue weighted by molar-refractivity contribution is 5.33. The molecule has 0 aromatic heterocycles. The quantitative estimate of drug-likeness (QED) is 0.127. The largest absolute Gasteiger partial charge is 0.390 e. The monoisotopic (exact) mass is 744 g/mol. The number of methoxy groups -OCH3 is 1. The summed E-state index contributed by atoms with van der Waals surface area (Å²) in [5, 5.41) is 98.1. The second-order valence-corrected chi connectivity index (χ2v) is 17.6. The number of aliphatic hydroxyl groups excluding tert-OH is 8. The zero-order valence-corrected chi connectivity index (χ0v) is 31.2. The van der Waals surface area contributed by atoms with Crippen LogP contribution in [0.15, 0.2) is 11.6 Å². The van der Waals surface area contributed by atoms with Gasteiger partial charge in [0.05, 0.1) is 49.8 Å². The van der Waals surface area contributed by atoms with Crippen molar-refractivity contribution in [3.05, 3.63) is 11.6 Å². The summed E-state index contributed by atoms with van der Waals surface area (Å²) in [5.74, 6) is -0.980. The first-order valence-electron chi connectivity index (χ1n) is 19.4. The van der Waals surface area contributed by atoms with Gasteiger partial charge in [0.1, 0.15) is 36.6 Å². The second kappa shape index (κ2) is 15.6. The molecule has 300 valence electrons. The minimum atomic E-state index is -1.41. The van der Waals surface area contributed by atoms with E-state index in [0.717, 1.165) is 24.8 Å². The lowest BCUT2D eigenvalue weighted by Gasteiger charge is -2.64. The molecule has 3 saturated carbocycles. The first kappa shape index (κ1) is 40.8. The van der Waals surface area contributed by atoms with Gasteiger partial charge >= 0.3 is 0 Å². The highest BCUT2D eigenvalue weighted by Gasteiger charge is 2.72. The van der Waals surface area contributed by atoms with Crippen molar-refractivity contribution >= 4 is 0 Å². The molecule has 14 heteroatoms. The van der Waals surface area contributed by atoms with Crippen molar-refractivity contribution in [1.82, 2.24) is 0 Å². The van der Waals surface area contributed by atoms with E-state index in [1.54, 1.807) is 0 Å². The van der Waals surface area contributed by atoms with E-state index < -0.39 is 96.0 Å². The molecule has 52 heavy (non-hydrogen) atoms. The Morgan fingerprint density at radius 3 is 2.19 bits per heavy atom. The van der Waals surface area contributed by atoms with Crippen molar-refractivity contribution in [3.63, 3.8) is 0 Å². The number of aliphatic hydroxyl groups is 9. The Balaban J connectivity index is 1.10. The van der Waals surface area contributed by atoms with E-state index >= 15 is 0 Å². The molecule has 0 aromatic carbocycles. The average Bonchev–Trinajstić information content (AvgIpc) is 3.30. The average molecular weight is 745 g/mol. The maximum atomic E-state index is 12.8. The van der Waals surface area contributed by atoms with Crippen LogP contribution in [0.5, 0.6) is 0 Å². The predicted octanol–water partition coefficient (Wildman–Crippen LogP) is -0.0309. The Morgan fingerprint density at radius 2 is 1.50 bits per heavy atom. The zero-order valence-electron chi connectivity index (χ0n) is 31.2. The van der Waals surface area contributed by atoms with Crippen LogP contribution in [0.25, 0.3) is 0 Å². The number of fused-ring (bicyclic) bond motifs is 5. The minimum Gasteiger partial charge on any atom is -0.390 e. The van der Waals surface area contributed by atoms with Gasteiger partial charge in [-0.25, -0.2) is 0 Å². The molecule has 2 saturated heterocycles. The Labute approximate surface area is 306 Å². The van der Waals surface area contributed by atoms with Crippen molar-refractivity contribution in [2.45, 2.75) is 158 Å². The molecule has 6 aliphatic rings. The zero-order chi connectivity index (χ0) is 37.9. The van der Waals surface area contributed by atoms with E-state index in [-0.39, 0.29) is 43.3 Å². The first-order valence-corrected chi connectivity index (χ1v) is 19.4. The lowest BCUT2D eigenvalue weighted by molar-refractivity contribution is -0.285. The first-order chi connectivity index (χ1) is 24.5. The molecule has 0 spiro atoms. The van der Waals surface area contributed by atoms with E-state index in [9.17, 15) is 46.0 Å². The van der Waals surface area contributed by atoms with Crippen LogP contribution in [-0.2, 0) is 23.7 Å². The van der Waals surface area contributed by atoms with Gasteiger partial charge in [-0.1, -0.05) is 46.6 Å². The summed E-state index contributed by atoms with van der Waals surface area (Å²) in [4.78, 5) is 0. The van der Waals surface area contributed by atoms with Gasteiger partial charge in [-0.15, -0.1) is 0 Å². The van der Waals surface area contributed by atoms with E-state index in [4.69, 9.17) is 23.7 Å². The Hall–Kier alpha value is -0.820. The van der Waals surface area contributed by atoms with Gasteiger partial charge in [0.2, 0.25) is 0 Å². The highest BCUT2D eigenvalue weighted by Crippen LogP contribution is 2.69. The highest BCUT2D eigenvalue weighted by atomic mass is 16.7. The molecule has 14 nitrogen and oxygen atoms in total. The summed E-state index contributed by atoms with van der Waals surface area (Å²) in [6.07, 6.45) is -5.47. The fraction of sp³-hybridized carbons (Fsp3) is 0.947. The summed E-state index contributed by atoms with van der Waals surface area (Å²) in [6.45, 7) is 8.41. The van der Waals surface area contributed by atoms with Crippen LogP contribution >= 0.6 is 0 Å². The summed E-state index contributed by atoms with van der Waals surface area (Å²) in [5.41, 5.74) is -1.74. The standard InChI is InChI=1S/C38H64O14/c1-18(15-49-34-31(46)27(42)23(40)16-50-34)7-6-8-19(2)26-29(44)30(45)33-37(26,4)12-10-25-36(3)11-9-20(13-21(36)22(39)14-38(25,33)47)52-35-32(48-5)28(43)24(41)17-51-35/h13,18-20,22-35,39-47H,6-12,14-17H2,1-5H3/t18-,19+,20-,22+,23+,24+,25+,26-,27-,28-,29+,30-,31+,32+,33+,34+,35-,36-,37+,38-/m0/s1. The summed E-state index contributed by atoms with van der Waals surface area (Å²) in [7, 11) is 1.42. The Morgan fingerprint density at radius 1 is 0.827 bits per heavy atom. The smallest absolute Gasteiger partial charge is 0.187 e. The summed E-state index contributed by atoms with van der Waals surface area (Å²) in [6, 6.07) is 0. The predicted molar refractivity (Wildman–Crippen MR) is 184 cm³/mol. The third kappa shape index (κ3) is 7.06. The van der Waals surface area contributed by atoms with Crippen LogP contribution < -0.4 is 0 Å². The molecule has 9 N–H and O–H groups in total. The van der Waals surface area contributed by atoms with Crippen molar-refractivity contribution in [1.29, 1.82) is 0 Å². The molecule has 0 radical (unpaired) electrons. The van der Waals surface area contributed by atoms with Gasteiger partial charge in [0.15, 0.2) is 12.6 Å². The van der Waals surface area contributed by atoms with Crippen LogP contribution in [0, 0.1) is 40.4 Å². The second-order valence-electron chi connectivity index (χ2n) is 17.6.